The molecule has 0 aliphatic rings. The maximum Gasteiger partial charge on any atom is 0.159 e. The normalized spacial score (nSPS) is 12.0. The summed E-state index contributed by atoms with van der Waals surface area (Å²) in [6, 6.07) is 53.6. The third-order valence-corrected chi connectivity index (χ3v) is 9.21. The number of benzene rings is 7. The maximum atomic E-state index is 6.76. The van der Waals surface area contributed by atoms with Crippen molar-refractivity contribution in [2.24, 2.45) is 0 Å². The molecule has 0 saturated heterocycles. The Morgan fingerprint density at radius 1 is 0.378 bits per heavy atom. The minimum atomic E-state index is 0.874. The Balaban J connectivity index is 1.22. The van der Waals surface area contributed by atoms with Crippen LogP contribution in [-0.4, -0.2) is 4.57 Å². The molecule has 210 valence electrons. The molecule has 0 aliphatic heterocycles. The maximum absolute atomic E-state index is 6.76. The van der Waals surface area contributed by atoms with Crippen LogP contribution in [0.5, 0.6) is 0 Å². The van der Waals surface area contributed by atoms with Crippen LogP contribution in [0.4, 0.5) is 0 Å². The van der Waals surface area contributed by atoms with Crippen molar-refractivity contribution >= 4 is 65.7 Å². The van der Waals surface area contributed by atoms with Gasteiger partial charge in [0.1, 0.15) is 16.7 Å². The Labute approximate surface area is 258 Å². The molecule has 0 saturated carbocycles. The third kappa shape index (κ3) is 3.52. The topological polar surface area (TPSA) is 31.2 Å². The van der Waals surface area contributed by atoms with Gasteiger partial charge in [0, 0.05) is 32.3 Å². The highest BCUT2D eigenvalue weighted by Gasteiger charge is 2.20. The molecule has 0 atom stereocenters. The van der Waals surface area contributed by atoms with Gasteiger partial charge in [0.25, 0.3) is 0 Å². The number of para-hydroxylation sites is 3. The highest BCUT2D eigenvalue weighted by Crippen LogP contribution is 2.42. The highest BCUT2D eigenvalue weighted by molar-refractivity contribution is 6.17. The minimum absolute atomic E-state index is 0.874. The van der Waals surface area contributed by atoms with E-state index in [0.717, 1.165) is 71.7 Å². The first-order valence-corrected chi connectivity index (χ1v) is 15.3. The van der Waals surface area contributed by atoms with Gasteiger partial charge >= 0.3 is 0 Å². The molecule has 3 nitrogen and oxygen atoms in total. The summed E-state index contributed by atoms with van der Waals surface area (Å²) in [5.41, 5.74) is 11.6. The monoisotopic (exact) mass is 575 g/mol. The Kier molecular flexibility index (Phi) is 5.00. The largest absolute Gasteiger partial charge is 0.456 e. The van der Waals surface area contributed by atoms with E-state index in [1.54, 1.807) is 0 Å². The molecule has 45 heavy (non-hydrogen) atoms. The lowest BCUT2D eigenvalue weighted by atomic mass is 9.98. The van der Waals surface area contributed by atoms with E-state index in [1.807, 2.05) is 12.1 Å². The molecule has 7 aromatic carbocycles. The fourth-order valence-electron chi connectivity index (χ4n) is 7.19. The van der Waals surface area contributed by atoms with Gasteiger partial charge in [0.2, 0.25) is 0 Å². The van der Waals surface area contributed by atoms with Crippen molar-refractivity contribution in [1.29, 1.82) is 0 Å². The highest BCUT2D eigenvalue weighted by atomic mass is 16.3. The zero-order chi connectivity index (χ0) is 29.5. The molecule has 10 rings (SSSR count). The second-order valence-electron chi connectivity index (χ2n) is 11.7. The molecule has 3 heterocycles. The average Bonchev–Trinajstić information content (AvgIpc) is 3.77. The van der Waals surface area contributed by atoms with Crippen LogP contribution in [-0.2, 0) is 0 Å². The van der Waals surface area contributed by atoms with Crippen LogP contribution < -0.4 is 0 Å². The van der Waals surface area contributed by atoms with Crippen LogP contribution in [0.2, 0.25) is 0 Å². The predicted octanol–water partition coefficient (Wildman–Crippen LogP) is 11.9. The molecular weight excluding hydrogens is 550 g/mol. The molecule has 0 aliphatic carbocycles. The number of hydrogen-bond acceptors (Lipinski definition) is 2. The van der Waals surface area contributed by atoms with Gasteiger partial charge in [-0.3, -0.25) is 0 Å². The zero-order valence-corrected chi connectivity index (χ0v) is 24.2. The summed E-state index contributed by atoms with van der Waals surface area (Å²) < 4.78 is 15.2. The van der Waals surface area contributed by atoms with Crippen LogP contribution in [0.1, 0.15) is 0 Å². The van der Waals surface area contributed by atoms with Crippen LogP contribution in [0.25, 0.3) is 93.6 Å². The summed E-state index contributed by atoms with van der Waals surface area (Å²) in [5.74, 6) is 0. The van der Waals surface area contributed by atoms with Crippen molar-refractivity contribution in [2.75, 3.05) is 0 Å². The van der Waals surface area contributed by atoms with Gasteiger partial charge < -0.3 is 13.4 Å². The van der Waals surface area contributed by atoms with Crippen molar-refractivity contribution < 1.29 is 8.83 Å². The molecule has 3 aromatic heterocycles. The molecule has 10 aromatic rings. The Hall–Kier alpha value is -6.06. The van der Waals surface area contributed by atoms with Crippen molar-refractivity contribution in [3.05, 3.63) is 152 Å². The molecule has 3 heteroatoms. The summed E-state index contributed by atoms with van der Waals surface area (Å²) in [6.45, 7) is 0. The van der Waals surface area contributed by atoms with Gasteiger partial charge in [0.15, 0.2) is 5.58 Å². The van der Waals surface area contributed by atoms with Crippen LogP contribution in [0, 0.1) is 0 Å². The molecule has 0 bridgehead atoms. The van der Waals surface area contributed by atoms with E-state index >= 15 is 0 Å². The number of fused-ring (bicyclic) bond motifs is 9. The van der Waals surface area contributed by atoms with E-state index in [0.29, 0.717) is 0 Å². The first-order valence-electron chi connectivity index (χ1n) is 15.3. The van der Waals surface area contributed by atoms with Gasteiger partial charge in [-0.2, -0.15) is 0 Å². The van der Waals surface area contributed by atoms with E-state index < -0.39 is 0 Å². The summed E-state index contributed by atoms with van der Waals surface area (Å²) in [6.07, 6.45) is 0. The van der Waals surface area contributed by atoms with Gasteiger partial charge in [-0.25, -0.2) is 0 Å². The molecule has 0 spiro atoms. The van der Waals surface area contributed by atoms with Crippen molar-refractivity contribution in [3.8, 4) is 27.9 Å². The van der Waals surface area contributed by atoms with E-state index in [9.17, 15) is 0 Å². The first-order chi connectivity index (χ1) is 22.3. The van der Waals surface area contributed by atoms with Gasteiger partial charge in [0.05, 0.1) is 16.7 Å². The summed E-state index contributed by atoms with van der Waals surface area (Å²) in [7, 11) is 0. The quantitative estimate of drug-likeness (QED) is 0.210. The van der Waals surface area contributed by atoms with Crippen LogP contribution in [0.15, 0.2) is 160 Å². The fraction of sp³-hybridized carbons (Fsp3) is 0. The summed E-state index contributed by atoms with van der Waals surface area (Å²) in [4.78, 5) is 0. The Morgan fingerprint density at radius 2 is 1.07 bits per heavy atom. The van der Waals surface area contributed by atoms with E-state index in [1.165, 1.54) is 21.9 Å². The van der Waals surface area contributed by atoms with Crippen molar-refractivity contribution in [3.63, 3.8) is 0 Å². The number of aromatic nitrogens is 1. The van der Waals surface area contributed by atoms with E-state index in [4.69, 9.17) is 8.83 Å². The number of nitrogens with zero attached hydrogens (tertiary/aromatic N) is 1. The number of furan rings is 2. The predicted molar refractivity (Wildman–Crippen MR) is 186 cm³/mol. The third-order valence-electron chi connectivity index (χ3n) is 9.21. The zero-order valence-electron chi connectivity index (χ0n) is 24.2. The van der Waals surface area contributed by atoms with Crippen LogP contribution in [0.3, 0.4) is 0 Å². The summed E-state index contributed by atoms with van der Waals surface area (Å²) >= 11 is 0. The SMILES string of the molecule is c1ccc(-c2ccc3c(c2)c2ccccc2n3-c2cccc3c2oc2cccc(-c4ccc5oc6ccccc6c5c4)c23)cc1. The Morgan fingerprint density at radius 3 is 2.00 bits per heavy atom. The molecular formula is C42H25NO2. The molecule has 0 amide bonds. The second-order valence-corrected chi connectivity index (χ2v) is 11.7. The van der Waals surface area contributed by atoms with Crippen LogP contribution >= 0.6 is 0 Å². The lowest BCUT2D eigenvalue weighted by molar-refractivity contribution is 0.666. The van der Waals surface area contributed by atoms with Crippen molar-refractivity contribution in [1.82, 2.24) is 4.57 Å². The van der Waals surface area contributed by atoms with Crippen molar-refractivity contribution in [2.45, 2.75) is 0 Å². The number of rotatable bonds is 3. The number of hydrogen-bond donors (Lipinski definition) is 0. The first kappa shape index (κ1) is 24.4. The lowest BCUT2D eigenvalue weighted by Crippen LogP contribution is -1.94. The minimum Gasteiger partial charge on any atom is -0.456 e. The summed E-state index contributed by atoms with van der Waals surface area (Å²) in [5, 5.41) is 6.91. The smallest absolute Gasteiger partial charge is 0.159 e. The van der Waals surface area contributed by atoms with E-state index in [2.05, 4.69) is 144 Å². The van der Waals surface area contributed by atoms with Gasteiger partial charge in [-0.1, -0.05) is 103 Å². The molecule has 0 unspecified atom stereocenters. The van der Waals surface area contributed by atoms with Gasteiger partial charge in [-0.05, 0) is 70.8 Å². The van der Waals surface area contributed by atoms with E-state index in [-0.39, 0.29) is 0 Å². The fourth-order valence-corrected chi connectivity index (χ4v) is 7.19. The second kappa shape index (κ2) is 9.22. The molecule has 0 fully saturated rings. The lowest BCUT2D eigenvalue weighted by Gasteiger charge is -2.09. The van der Waals surface area contributed by atoms with Gasteiger partial charge in [-0.15, -0.1) is 0 Å². The molecule has 0 radical (unpaired) electrons. The molecule has 0 N–H and O–H groups in total. The Bertz CT molecular complexity index is 2760. The standard InChI is InChI=1S/C42H25NO2/c1-2-10-26(11-3-1)27-20-22-36-33(24-27)30-12-4-6-16-35(30)43(36)37-17-8-15-32-41-29(14-9-19-40(41)45-42(32)37)28-21-23-39-34(25-28)31-13-5-7-18-38(31)44-39/h1-25H. The average molecular weight is 576 g/mol.